The summed E-state index contributed by atoms with van der Waals surface area (Å²) in [6.07, 6.45) is 5.72. The fourth-order valence-corrected chi connectivity index (χ4v) is 4.57. The first-order chi connectivity index (χ1) is 17.0. The van der Waals surface area contributed by atoms with E-state index in [1.54, 1.807) is 0 Å². The van der Waals surface area contributed by atoms with Gasteiger partial charge in [0, 0.05) is 23.7 Å². The first-order valence-electron chi connectivity index (χ1n) is 11.8. The molecule has 0 aliphatic heterocycles. The van der Waals surface area contributed by atoms with Gasteiger partial charge in [0.05, 0.1) is 23.3 Å². The zero-order chi connectivity index (χ0) is 24.4. The number of amides is 1. The number of carbonyl (C=O) groups is 1. The first-order valence-corrected chi connectivity index (χ1v) is 11.8. The first kappa shape index (κ1) is 22.8. The second-order valence-corrected chi connectivity index (χ2v) is 8.95. The van der Waals surface area contributed by atoms with Crippen molar-refractivity contribution in [2.45, 2.75) is 44.3 Å². The Morgan fingerprint density at radius 1 is 1.09 bits per heavy atom. The van der Waals surface area contributed by atoms with Crippen LogP contribution in [0, 0.1) is 5.82 Å². The molecule has 0 saturated heterocycles. The number of pyridine rings is 1. The van der Waals surface area contributed by atoms with Gasteiger partial charge >= 0.3 is 0 Å². The van der Waals surface area contributed by atoms with Crippen LogP contribution in [0.25, 0.3) is 10.9 Å². The van der Waals surface area contributed by atoms with Crippen LogP contribution >= 0.6 is 0 Å². The number of nitrogens with zero attached hydrogens (tertiary/aromatic N) is 3. The largest absolute Gasteiger partial charge is 0.365 e. The third kappa shape index (κ3) is 4.95. The van der Waals surface area contributed by atoms with E-state index in [-0.39, 0.29) is 29.3 Å². The van der Waals surface area contributed by atoms with Crippen LogP contribution in [0.5, 0.6) is 0 Å². The number of carbonyl (C=O) groups excluding carboxylic acids is 1. The number of benzene rings is 2. The lowest BCUT2D eigenvalue weighted by atomic mass is 9.91. The van der Waals surface area contributed by atoms with Crippen LogP contribution in [-0.4, -0.2) is 32.8 Å². The predicted molar refractivity (Wildman–Crippen MR) is 135 cm³/mol. The van der Waals surface area contributed by atoms with Crippen LogP contribution < -0.4 is 22.1 Å². The standard InChI is InChI=1S/C26H28FN7O/c27-19-13-17(24(29)35)25(32-26(19)31-23-10-5-4-9-20(23)28)30-21-11-6-12-22-18(21)15-34(33-22)14-16-7-2-1-3-8-16/h1-3,6-8,11-13,15,20,23H,4-5,9-10,14,28H2,(H2,29,35)(H2,30,31,32)/t20-,23+/m0/s1. The van der Waals surface area contributed by atoms with E-state index < -0.39 is 11.7 Å². The maximum Gasteiger partial charge on any atom is 0.252 e. The van der Waals surface area contributed by atoms with Crippen molar-refractivity contribution < 1.29 is 9.18 Å². The molecule has 4 aromatic rings. The smallest absolute Gasteiger partial charge is 0.252 e. The van der Waals surface area contributed by atoms with Gasteiger partial charge in [-0.25, -0.2) is 9.37 Å². The summed E-state index contributed by atoms with van der Waals surface area (Å²) in [4.78, 5) is 16.5. The van der Waals surface area contributed by atoms with Crippen molar-refractivity contribution in [2.75, 3.05) is 10.6 Å². The van der Waals surface area contributed by atoms with Crippen molar-refractivity contribution in [3.8, 4) is 0 Å². The van der Waals surface area contributed by atoms with Crippen molar-refractivity contribution in [1.29, 1.82) is 0 Å². The van der Waals surface area contributed by atoms with Crippen LogP contribution in [0.3, 0.4) is 0 Å². The molecular formula is C26H28FN7O. The van der Waals surface area contributed by atoms with Gasteiger partial charge in [-0.05, 0) is 36.6 Å². The van der Waals surface area contributed by atoms with Crippen molar-refractivity contribution in [2.24, 2.45) is 11.5 Å². The molecule has 9 heteroatoms. The molecule has 180 valence electrons. The Kier molecular flexibility index (Phi) is 6.33. The highest BCUT2D eigenvalue weighted by Gasteiger charge is 2.24. The summed E-state index contributed by atoms with van der Waals surface area (Å²) in [5.74, 6) is -1.19. The number of hydrogen-bond acceptors (Lipinski definition) is 6. The van der Waals surface area contributed by atoms with Gasteiger partial charge in [0.25, 0.3) is 5.91 Å². The van der Waals surface area contributed by atoms with E-state index >= 15 is 0 Å². The number of nitrogens with one attached hydrogen (secondary N) is 2. The zero-order valence-electron chi connectivity index (χ0n) is 19.2. The molecule has 5 rings (SSSR count). The van der Waals surface area contributed by atoms with Crippen molar-refractivity contribution in [3.05, 3.63) is 77.7 Å². The molecule has 2 aromatic carbocycles. The number of nitrogens with two attached hydrogens (primary N) is 2. The van der Waals surface area contributed by atoms with Crippen LogP contribution in [0.15, 0.2) is 60.8 Å². The van der Waals surface area contributed by atoms with E-state index in [2.05, 4.69) is 20.7 Å². The highest BCUT2D eigenvalue weighted by atomic mass is 19.1. The number of aromatic nitrogens is 3. The van der Waals surface area contributed by atoms with Crippen molar-refractivity contribution in [1.82, 2.24) is 14.8 Å². The molecule has 35 heavy (non-hydrogen) atoms. The van der Waals surface area contributed by atoms with Gasteiger partial charge in [0.2, 0.25) is 0 Å². The average Bonchev–Trinajstić information content (AvgIpc) is 3.26. The highest BCUT2D eigenvalue weighted by molar-refractivity contribution is 6.00. The van der Waals surface area contributed by atoms with E-state index in [1.165, 1.54) is 0 Å². The molecule has 0 bridgehead atoms. The Morgan fingerprint density at radius 2 is 1.89 bits per heavy atom. The van der Waals surface area contributed by atoms with Gasteiger partial charge in [-0.15, -0.1) is 0 Å². The summed E-state index contributed by atoms with van der Waals surface area (Å²) >= 11 is 0. The van der Waals surface area contributed by atoms with Crippen LogP contribution in [0.2, 0.25) is 0 Å². The Bertz CT molecular complexity index is 1350. The van der Waals surface area contributed by atoms with Crippen LogP contribution in [-0.2, 0) is 6.54 Å². The molecule has 8 nitrogen and oxygen atoms in total. The molecule has 1 saturated carbocycles. The Hall–Kier alpha value is -3.98. The molecule has 2 heterocycles. The monoisotopic (exact) mass is 473 g/mol. The van der Waals surface area contributed by atoms with Gasteiger partial charge in [0.15, 0.2) is 11.6 Å². The normalized spacial score (nSPS) is 17.9. The fraction of sp³-hybridized carbons (Fsp3) is 0.269. The molecule has 1 aliphatic rings. The van der Waals surface area contributed by atoms with Gasteiger partial charge in [-0.2, -0.15) is 5.10 Å². The molecule has 2 aromatic heterocycles. The summed E-state index contributed by atoms with van der Waals surface area (Å²) < 4.78 is 16.7. The number of hydrogen-bond donors (Lipinski definition) is 4. The zero-order valence-corrected chi connectivity index (χ0v) is 19.2. The van der Waals surface area contributed by atoms with Gasteiger partial charge in [-0.1, -0.05) is 49.2 Å². The number of rotatable bonds is 7. The average molecular weight is 474 g/mol. The molecule has 1 amide bonds. The van der Waals surface area contributed by atoms with Crippen LogP contribution in [0.4, 0.5) is 21.7 Å². The number of anilines is 3. The maximum atomic E-state index is 14.9. The molecule has 0 unspecified atom stereocenters. The van der Waals surface area contributed by atoms with Gasteiger partial charge in [-0.3, -0.25) is 9.48 Å². The molecule has 6 N–H and O–H groups in total. The molecule has 1 fully saturated rings. The molecular weight excluding hydrogens is 445 g/mol. The lowest BCUT2D eigenvalue weighted by Crippen LogP contribution is -2.43. The van der Waals surface area contributed by atoms with Gasteiger partial charge in [0.1, 0.15) is 5.82 Å². The number of primary amides is 1. The SMILES string of the molecule is NC(=O)c1cc(F)c(N[C@@H]2CCCC[C@@H]2N)nc1Nc1cccc2nn(Cc3ccccc3)cc12. The highest BCUT2D eigenvalue weighted by Crippen LogP contribution is 2.30. The van der Waals surface area contributed by atoms with Crippen LogP contribution in [0.1, 0.15) is 41.6 Å². The minimum absolute atomic E-state index is 0.0327. The summed E-state index contributed by atoms with van der Waals surface area (Å²) in [6, 6.07) is 16.6. The summed E-state index contributed by atoms with van der Waals surface area (Å²) in [7, 11) is 0. The minimum atomic E-state index is -0.772. The second kappa shape index (κ2) is 9.71. The van der Waals surface area contributed by atoms with E-state index in [0.29, 0.717) is 12.2 Å². The second-order valence-electron chi connectivity index (χ2n) is 8.95. The molecule has 2 atom stereocenters. The number of fused-ring (bicyclic) bond motifs is 1. The maximum absolute atomic E-state index is 14.9. The molecule has 0 radical (unpaired) electrons. The topological polar surface area (TPSA) is 124 Å². The molecule has 0 spiro atoms. The fourth-order valence-electron chi connectivity index (χ4n) is 4.57. The number of halogens is 1. The van der Waals surface area contributed by atoms with E-state index in [0.717, 1.165) is 48.2 Å². The summed E-state index contributed by atoms with van der Waals surface area (Å²) in [5, 5.41) is 11.8. The Balaban J connectivity index is 1.47. The predicted octanol–water partition coefficient (Wildman–Crippen LogP) is 4.14. The Labute approximate surface area is 202 Å². The third-order valence-corrected chi connectivity index (χ3v) is 6.42. The summed E-state index contributed by atoms with van der Waals surface area (Å²) in [5.41, 5.74) is 14.3. The van der Waals surface area contributed by atoms with E-state index in [4.69, 9.17) is 11.5 Å². The molecule has 1 aliphatic carbocycles. The van der Waals surface area contributed by atoms with E-state index in [1.807, 2.05) is 59.4 Å². The van der Waals surface area contributed by atoms with E-state index in [9.17, 15) is 9.18 Å². The lowest BCUT2D eigenvalue weighted by molar-refractivity contribution is 0.100. The Morgan fingerprint density at radius 3 is 2.66 bits per heavy atom. The van der Waals surface area contributed by atoms with Crippen molar-refractivity contribution in [3.63, 3.8) is 0 Å². The third-order valence-electron chi connectivity index (χ3n) is 6.42. The quantitative estimate of drug-likeness (QED) is 0.320. The summed E-state index contributed by atoms with van der Waals surface area (Å²) in [6.45, 7) is 0.617. The van der Waals surface area contributed by atoms with Gasteiger partial charge < -0.3 is 22.1 Å². The minimum Gasteiger partial charge on any atom is -0.365 e. The lowest BCUT2D eigenvalue weighted by Gasteiger charge is -2.30. The van der Waals surface area contributed by atoms with Crippen molar-refractivity contribution >= 4 is 34.1 Å².